The molecule has 0 amide bonds. The maximum atomic E-state index is 12.9. The molecule has 25 heavy (non-hydrogen) atoms. The SMILES string of the molecule is COc1ccccc1[C@H]1C(C(=O)OC(C)(C)C)=C(C)Nc2nnnn21. The van der Waals surface area contributed by atoms with Crippen molar-refractivity contribution in [1.29, 1.82) is 0 Å². The first-order valence-corrected chi connectivity index (χ1v) is 7.93. The largest absolute Gasteiger partial charge is 0.496 e. The molecule has 0 radical (unpaired) electrons. The van der Waals surface area contributed by atoms with E-state index in [9.17, 15) is 4.79 Å². The van der Waals surface area contributed by atoms with Gasteiger partial charge in [-0.15, -0.1) is 0 Å². The van der Waals surface area contributed by atoms with Gasteiger partial charge in [-0.25, -0.2) is 4.79 Å². The predicted octanol–water partition coefficient (Wildman–Crippen LogP) is 2.31. The zero-order valence-corrected chi connectivity index (χ0v) is 14.9. The molecule has 0 saturated carbocycles. The molecular weight excluding hydrogens is 322 g/mol. The summed E-state index contributed by atoms with van der Waals surface area (Å²) >= 11 is 0. The standard InChI is InChI=1S/C17H21N5O3/c1-10-13(15(23)25-17(2,3)4)14(22-16(18-10)19-20-21-22)11-8-6-7-9-12(11)24-5/h6-9,14H,1-5H3,(H,18,19,21)/t14-/m0/s1. The number of nitrogens with zero attached hydrogens (tertiary/aromatic N) is 4. The number of para-hydroxylation sites is 1. The van der Waals surface area contributed by atoms with Gasteiger partial charge in [-0.2, -0.15) is 4.68 Å². The van der Waals surface area contributed by atoms with Gasteiger partial charge in [0.15, 0.2) is 0 Å². The van der Waals surface area contributed by atoms with Crippen LogP contribution in [0.4, 0.5) is 5.95 Å². The molecule has 3 rings (SSSR count). The second-order valence-corrected chi connectivity index (χ2v) is 6.76. The Kier molecular flexibility index (Phi) is 4.20. The lowest BCUT2D eigenvalue weighted by Gasteiger charge is -2.30. The van der Waals surface area contributed by atoms with Gasteiger partial charge in [0.1, 0.15) is 17.4 Å². The summed E-state index contributed by atoms with van der Waals surface area (Å²) in [5.41, 5.74) is 1.25. The summed E-state index contributed by atoms with van der Waals surface area (Å²) in [5, 5.41) is 14.8. The Balaban J connectivity index is 2.15. The molecular formula is C17H21N5O3. The number of hydrogen-bond donors (Lipinski definition) is 1. The second-order valence-electron chi connectivity index (χ2n) is 6.76. The molecule has 8 heteroatoms. The number of nitrogens with one attached hydrogen (secondary N) is 1. The van der Waals surface area contributed by atoms with E-state index in [2.05, 4.69) is 20.8 Å². The molecule has 1 N–H and O–H groups in total. The van der Waals surface area contributed by atoms with Crippen LogP contribution in [0.2, 0.25) is 0 Å². The van der Waals surface area contributed by atoms with Crippen molar-refractivity contribution in [3.05, 3.63) is 41.1 Å². The smallest absolute Gasteiger partial charge is 0.338 e. The van der Waals surface area contributed by atoms with Crippen molar-refractivity contribution in [1.82, 2.24) is 20.2 Å². The van der Waals surface area contributed by atoms with Gasteiger partial charge >= 0.3 is 5.97 Å². The quantitative estimate of drug-likeness (QED) is 0.855. The lowest BCUT2D eigenvalue weighted by Crippen LogP contribution is -2.33. The van der Waals surface area contributed by atoms with Crippen molar-refractivity contribution in [3.63, 3.8) is 0 Å². The van der Waals surface area contributed by atoms with E-state index in [1.807, 2.05) is 45.0 Å². The van der Waals surface area contributed by atoms with Crippen molar-refractivity contribution in [3.8, 4) is 5.75 Å². The molecule has 1 atom stereocenters. The minimum atomic E-state index is -0.615. The van der Waals surface area contributed by atoms with Crippen LogP contribution < -0.4 is 10.1 Å². The van der Waals surface area contributed by atoms with Crippen molar-refractivity contribution >= 4 is 11.9 Å². The van der Waals surface area contributed by atoms with Gasteiger partial charge in [-0.1, -0.05) is 23.3 Å². The van der Waals surface area contributed by atoms with Crippen LogP contribution in [0.3, 0.4) is 0 Å². The van der Waals surface area contributed by atoms with Crippen molar-refractivity contribution < 1.29 is 14.3 Å². The molecule has 0 unspecified atom stereocenters. The van der Waals surface area contributed by atoms with Gasteiger partial charge in [0.2, 0.25) is 5.95 Å². The summed E-state index contributed by atoms with van der Waals surface area (Å²) < 4.78 is 12.6. The number of aromatic nitrogens is 4. The van der Waals surface area contributed by atoms with Crippen molar-refractivity contribution in [2.24, 2.45) is 0 Å². The van der Waals surface area contributed by atoms with E-state index in [1.165, 1.54) is 0 Å². The molecule has 0 aliphatic carbocycles. The van der Waals surface area contributed by atoms with Crippen LogP contribution in [0.25, 0.3) is 0 Å². The van der Waals surface area contributed by atoms with Crippen LogP contribution in [0.15, 0.2) is 35.5 Å². The van der Waals surface area contributed by atoms with Crippen LogP contribution in [0.1, 0.15) is 39.3 Å². The van der Waals surface area contributed by atoms with Gasteiger partial charge in [-0.05, 0) is 44.2 Å². The van der Waals surface area contributed by atoms with Gasteiger partial charge < -0.3 is 14.8 Å². The van der Waals surface area contributed by atoms with Crippen LogP contribution in [0, 0.1) is 0 Å². The number of carbonyl (C=O) groups is 1. The average Bonchev–Trinajstić information content (AvgIpc) is 2.99. The first-order valence-electron chi connectivity index (χ1n) is 7.93. The monoisotopic (exact) mass is 343 g/mol. The number of tetrazole rings is 1. The van der Waals surface area contributed by atoms with Gasteiger partial charge in [-0.3, -0.25) is 0 Å². The number of allylic oxidation sites excluding steroid dienone is 1. The summed E-state index contributed by atoms with van der Waals surface area (Å²) in [4.78, 5) is 12.9. The van der Waals surface area contributed by atoms with E-state index in [4.69, 9.17) is 9.47 Å². The number of ether oxygens (including phenoxy) is 2. The number of hydrogen-bond acceptors (Lipinski definition) is 7. The molecule has 1 aromatic carbocycles. The van der Waals surface area contributed by atoms with E-state index in [0.29, 0.717) is 23.0 Å². The molecule has 1 aromatic heterocycles. The third-order valence-corrected chi connectivity index (χ3v) is 3.77. The fourth-order valence-corrected chi connectivity index (χ4v) is 2.79. The Morgan fingerprint density at radius 3 is 2.68 bits per heavy atom. The van der Waals surface area contributed by atoms with Gasteiger partial charge in [0, 0.05) is 11.3 Å². The fraction of sp³-hybridized carbons (Fsp3) is 0.412. The van der Waals surface area contributed by atoms with Crippen LogP contribution in [-0.2, 0) is 9.53 Å². The van der Waals surface area contributed by atoms with Gasteiger partial charge in [0.05, 0.1) is 12.7 Å². The summed E-state index contributed by atoms with van der Waals surface area (Å²) in [5.74, 6) is 0.681. The molecule has 0 spiro atoms. The van der Waals surface area contributed by atoms with E-state index < -0.39 is 17.6 Å². The van der Waals surface area contributed by atoms with Gasteiger partial charge in [0.25, 0.3) is 0 Å². The zero-order valence-electron chi connectivity index (χ0n) is 14.9. The fourth-order valence-electron chi connectivity index (χ4n) is 2.79. The molecule has 1 aliphatic heterocycles. The number of anilines is 1. The summed E-state index contributed by atoms with van der Waals surface area (Å²) in [6, 6.07) is 6.93. The Morgan fingerprint density at radius 1 is 1.28 bits per heavy atom. The Labute approximate surface area is 145 Å². The molecule has 2 aromatic rings. The lowest BCUT2D eigenvalue weighted by atomic mass is 9.95. The molecule has 2 heterocycles. The molecule has 0 saturated heterocycles. The Bertz CT molecular complexity index is 835. The highest BCUT2D eigenvalue weighted by molar-refractivity contribution is 5.92. The van der Waals surface area contributed by atoms with E-state index in [0.717, 1.165) is 5.56 Å². The third kappa shape index (κ3) is 3.19. The highest BCUT2D eigenvalue weighted by Crippen LogP contribution is 2.39. The maximum absolute atomic E-state index is 12.9. The summed E-state index contributed by atoms with van der Waals surface area (Å²) in [6.45, 7) is 7.30. The topological polar surface area (TPSA) is 91.2 Å². The molecule has 132 valence electrons. The first kappa shape index (κ1) is 16.9. The highest BCUT2D eigenvalue weighted by atomic mass is 16.6. The lowest BCUT2D eigenvalue weighted by molar-refractivity contribution is -0.150. The zero-order chi connectivity index (χ0) is 18.2. The number of esters is 1. The average molecular weight is 343 g/mol. The normalized spacial score (nSPS) is 16.9. The summed E-state index contributed by atoms with van der Waals surface area (Å²) in [7, 11) is 1.59. The van der Waals surface area contributed by atoms with E-state index in [-0.39, 0.29) is 0 Å². The van der Waals surface area contributed by atoms with Crippen LogP contribution in [0.5, 0.6) is 5.75 Å². The number of carbonyl (C=O) groups excluding carboxylic acids is 1. The summed E-state index contributed by atoms with van der Waals surface area (Å²) in [6.07, 6.45) is 0. The molecule has 1 aliphatic rings. The van der Waals surface area contributed by atoms with E-state index in [1.54, 1.807) is 18.7 Å². The highest BCUT2D eigenvalue weighted by Gasteiger charge is 2.37. The number of rotatable bonds is 3. The molecule has 0 fully saturated rings. The minimum Gasteiger partial charge on any atom is -0.496 e. The predicted molar refractivity (Wildman–Crippen MR) is 91.1 cm³/mol. The molecule has 8 nitrogen and oxygen atoms in total. The van der Waals surface area contributed by atoms with Crippen molar-refractivity contribution in [2.75, 3.05) is 12.4 Å². The number of benzene rings is 1. The van der Waals surface area contributed by atoms with Crippen molar-refractivity contribution in [2.45, 2.75) is 39.3 Å². The number of methoxy groups -OCH3 is 1. The Hall–Kier alpha value is -2.90. The maximum Gasteiger partial charge on any atom is 0.338 e. The van der Waals surface area contributed by atoms with Crippen LogP contribution in [-0.4, -0.2) is 38.9 Å². The Morgan fingerprint density at radius 2 is 2.00 bits per heavy atom. The second kappa shape index (κ2) is 6.19. The molecule has 0 bridgehead atoms. The van der Waals surface area contributed by atoms with Crippen LogP contribution >= 0.6 is 0 Å². The first-order chi connectivity index (χ1) is 11.8. The van der Waals surface area contributed by atoms with E-state index >= 15 is 0 Å². The minimum absolute atomic E-state index is 0.422. The number of fused-ring (bicyclic) bond motifs is 1. The third-order valence-electron chi connectivity index (χ3n) is 3.77.